The summed E-state index contributed by atoms with van der Waals surface area (Å²) >= 11 is 5.70. The molecule has 4 nitrogen and oxygen atoms in total. The van der Waals surface area contributed by atoms with Crippen LogP contribution in [0, 0.1) is 0 Å². The molecule has 0 radical (unpaired) electrons. The van der Waals surface area contributed by atoms with Crippen molar-refractivity contribution in [1.29, 1.82) is 0 Å². The second-order valence-corrected chi connectivity index (χ2v) is 3.95. The maximum absolute atomic E-state index is 11.7. The molecule has 0 fully saturated rings. The molecule has 0 aliphatic carbocycles. The molecule has 0 unspecified atom stereocenters. The van der Waals surface area contributed by atoms with E-state index in [0.717, 1.165) is 0 Å². The Morgan fingerprint density at radius 3 is 2.12 bits per heavy atom. The van der Waals surface area contributed by atoms with E-state index < -0.39 is 11.9 Å². The minimum Gasteiger partial charge on any atom is -0.478 e. The van der Waals surface area contributed by atoms with Crippen LogP contribution in [0.25, 0.3) is 0 Å². The number of halogens is 1. The molecule has 17 heavy (non-hydrogen) atoms. The standard InChI is InChI=1S/C12H12ClNO3/c1-7(8(2)12(16)17)11(15)14-10-5-3-9(13)4-6-10/h3-6H,1-2H3,(H,14,15)(H,16,17)/b8-7-. The van der Waals surface area contributed by atoms with Crippen molar-refractivity contribution >= 4 is 29.2 Å². The molecule has 0 heterocycles. The third-order valence-electron chi connectivity index (χ3n) is 2.33. The normalized spacial score (nSPS) is 11.7. The van der Waals surface area contributed by atoms with Crippen molar-refractivity contribution in [1.82, 2.24) is 0 Å². The predicted molar refractivity (Wildman–Crippen MR) is 66.1 cm³/mol. The molecular formula is C12H12ClNO3. The van der Waals surface area contributed by atoms with Gasteiger partial charge in [0.15, 0.2) is 0 Å². The maximum atomic E-state index is 11.7. The van der Waals surface area contributed by atoms with E-state index in [1.165, 1.54) is 13.8 Å². The molecule has 0 aliphatic heterocycles. The van der Waals surface area contributed by atoms with E-state index in [-0.39, 0.29) is 11.1 Å². The predicted octanol–water partition coefficient (Wildman–Crippen LogP) is 2.70. The summed E-state index contributed by atoms with van der Waals surface area (Å²) in [6.45, 7) is 2.85. The van der Waals surface area contributed by atoms with Crippen molar-refractivity contribution in [3.8, 4) is 0 Å². The van der Waals surface area contributed by atoms with Crippen molar-refractivity contribution in [2.24, 2.45) is 0 Å². The number of rotatable bonds is 3. The lowest BCUT2D eigenvalue weighted by atomic mass is 10.1. The van der Waals surface area contributed by atoms with Gasteiger partial charge in [0.2, 0.25) is 0 Å². The zero-order valence-corrected chi connectivity index (χ0v) is 10.2. The number of amides is 1. The van der Waals surface area contributed by atoms with Gasteiger partial charge in [-0.15, -0.1) is 0 Å². The number of carbonyl (C=O) groups is 2. The monoisotopic (exact) mass is 253 g/mol. The molecule has 1 aromatic rings. The minimum absolute atomic E-state index is 0.0245. The van der Waals surface area contributed by atoms with Crippen LogP contribution in [-0.4, -0.2) is 17.0 Å². The van der Waals surface area contributed by atoms with Gasteiger partial charge in [0, 0.05) is 21.9 Å². The Hall–Kier alpha value is -1.81. The second-order valence-electron chi connectivity index (χ2n) is 3.52. The molecule has 0 saturated heterocycles. The molecule has 1 amide bonds. The van der Waals surface area contributed by atoms with E-state index >= 15 is 0 Å². The molecule has 0 aliphatic rings. The molecule has 0 saturated carbocycles. The lowest BCUT2D eigenvalue weighted by Crippen LogP contribution is -2.16. The first-order chi connectivity index (χ1) is 7.91. The maximum Gasteiger partial charge on any atom is 0.331 e. The number of carboxylic acid groups (broad SMARTS) is 1. The fraction of sp³-hybridized carbons (Fsp3) is 0.167. The van der Waals surface area contributed by atoms with Crippen molar-refractivity contribution in [3.05, 3.63) is 40.4 Å². The van der Waals surface area contributed by atoms with E-state index in [1.54, 1.807) is 24.3 Å². The average Bonchev–Trinajstić information content (AvgIpc) is 2.30. The molecule has 1 aromatic carbocycles. The van der Waals surface area contributed by atoms with Crippen LogP contribution in [0.15, 0.2) is 35.4 Å². The average molecular weight is 254 g/mol. The Morgan fingerprint density at radius 2 is 1.65 bits per heavy atom. The topological polar surface area (TPSA) is 66.4 Å². The van der Waals surface area contributed by atoms with Gasteiger partial charge in [-0.25, -0.2) is 4.79 Å². The zero-order valence-electron chi connectivity index (χ0n) is 9.45. The molecule has 90 valence electrons. The van der Waals surface area contributed by atoms with Gasteiger partial charge in [-0.1, -0.05) is 11.6 Å². The first-order valence-corrected chi connectivity index (χ1v) is 5.27. The number of hydrogen-bond acceptors (Lipinski definition) is 2. The summed E-state index contributed by atoms with van der Waals surface area (Å²) in [5, 5.41) is 11.9. The summed E-state index contributed by atoms with van der Waals surface area (Å²) in [6.07, 6.45) is 0. The summed E-state index contributed by atoms with van der Waals surface area (Å²) in [5.41, 5.74) is 0.765. The molecule has 5 heteroatoms. The molecule has 0 spiro atoms. The zero-order chi connectivity index (χ0) is 13.0. The first kappa shape index (κ1) is 13.3. The highest BCUT2D eigenvalue weighted by molar-refractivity contribution is 6.30. The molecule has 0 aromatic heterocycles. The Morgan fingerprint density at radius 1 is 1.12 bits per heavy atom. The van der Waals surface area contributed by atoms with Gasteiger partial charge in [0.1, 0.15) is 0 Å². The van der Waals surface area contributed by atoms with Crippen LogP contribution < -0.4 is 5.32 Å². The number of hydrogen-bond donors (Lipinski definition) is 2. The van der Waals surface area contributed by atoms with Crippen LogP contribution in [-0.2, 0) is 9.59 Å². The van der Waals surface area contributed by atoms with Crippen LogP contribution in [0.3, 0.4) is 0 Å². The third-order valence-corrected chi connectivity index (χ3v) is 2.58. The third kappa shape index (κ3) is 3.60. The highest BCUT2D eigenvalue weighted by Crippen LogP contribution is 2.15. The van der Waals surface area contributed by atoms with Gasteiger partial charge in [-0.3, -0.25) is 4.79 Å². The van der Waals surface area contributed by atoms with Crippen LogP contribution >= 0.6 is 11.6 Å². The second kappa shape index (κ2) is 5.50. The highest BCUT2D eigenvalue weighted by Gasteiger charge is 2.12. The largest absolute Gasteiger partial charge is 0.478 e. The summed E-state index contributed by atoms with van der Waals surface area (Å²) in [6, 6.07) is 6.56. The summed E-state index contributed by atoms with van der Waals surface area (Å²) in [4.78, 5) is 22.4. The number of anilines is 1. The molecule has 1 rings (SSSR count). The smallest absolute Gasteiger partial charge is 0.331 e. The Bertz CT molecular complexity index is 477. The molecule has 2 N–H and O–H groups in total. The molecule has 0 atom stereocenters. The summed E-state index contributed by atoms with van der Waals surface area (Å²) in [7, 11) is 0. The summed E-state index contributed by atoms with van der Waals surface area (Å²) in [5.74, 6) is -1.54. The van der Waals surface area contributed by atoms with Gasteiger partial charge in [0.25, 0.3) is 5.91 Å². The van der Waals surface area contributed by atoms with Crippen molar-refractivity contribution in [2.75, 3.05) is 5.32 Å². The van der Waals surface area contributed by atoms with Crippen molar-refractivity contribution < 1.29 is 14.7 Å². The molecular weight excluding hydrogens is 242 g/mol. The van der Waals surface area contributed by atoms with Gasteiger partial charge >= 0.3 is 5.97 Å². The number of carboxylic acids is 1. The van der Waals surface area contributed by atoms with E-state index in [4.69, 9.17) is 16.7 Å². The quantitative estimate of drug-likeness (QED) is 0.814. The fourth-order valence-corrected chi connectivity index (χ4v) is 1.21. The highest BCUT2D eigenvalue weighted by atomic mass is 35.5. The first-order valence-electron chi connectivity index (χ1n) is 4.89. The number of carbonyl (C=O) groups excluding carboxylic acids is 1. The van der Waals surface area contributed by atoms with Crippen LogP contribution in [0.4, 0.5) is 5.69 Å². The minimum atomic E-state index is -1.10. The van der Waals surface area contributed by atoms with Gasteiger partial charge in [0.05, 0.1) is 0 Å². The van der Waals surface area contributed by atoms with Gasteiger partial charge < -0.3 is 10.4 Å². The van der Waals surface area contributed by atoms with E-state index in [9.17, 15) is 9.59 Å². The van der Waals surface area contributed by atoms with Crippen molar-refractivity contribution in [2.45, 2.75) is 13.8 Å². The molecule has 0 bridgehead atoms. The summed E-state index contributed by atoms with van der Waals surface area (Å²) < 4.78 is 0. The van der Waals surface area contributed by atoms with Gasteiger partial charge in [-0.05, 0) is 38.1 Å². The van der Waals surface area contributed by atoms with E-state index in [0.29, 0.717) is 10.7 Å². The SMILES string of the molecule is C/C(C(=O)O)=C(\C)C(=O)Nc1ccc(Cl)cc1. The van der Waals surface area contributed by atoms with E-state index in [2.05, 4.69) is 5.32 Å². The number of nitrogens with one attached hydrogen (secondary N) is 1. The number of benzene rings is 1. The van der Waals surface area contributed by atoms with Crippen LogP contribution in [0.1, 0.15) is 13.8 Å². The van der Waals surface area contributed by atoms with Crippen molar-refractivity contribution in [3.63, 3.8) is 0 Å². The Labute approximate surface area is 104 Å². The Balaban J connectivity index is 2.83. The van der Waals surface area contributed by atoms with Crippen LogP contribution in [0.2, 0.25) is 5.02 Å². The van der Waals surface area contributed by atoms with E-state index in [1.807, 2.05) is 0 Å². The lowest BCUT2D eigenvalue weighted by Gasteiger charge is -2.06. The fourth-order valence-electron chi connectivity index (χ4n) is 1.09. The Kier molecular flexibility index (Phi) is 4.29. The van der Waals surface area contributed by atoms with Crippen LogP contribution in [0.5, 0.6) is 0 Å². The number of aliphatic carboxylic acids is 1. The van der Waals surface area contributed by atoms with Gasteiger partial charge in [-0.2, -0.15) is 0 Å². The lowest BCUT2D eigenvalue weighted by molar-refractivity contribution is -0.133.